The maximum Gasteiger partial charge on any atom is 0.212 e. The van der Waals surface area contributed by atoms with Gasteiger partial charge < -0.3 is 0 Å². The third kappa shape index (κ3) is 5.63. The van der Waals surface area contributed by atoms with Gasteiger partial charge in [-0.15, -0.1) is 0 Å². The maximum absolute atomic E-state index is 10.7. The number of carbonyl (C=O) groups excluding carboxylic acids is 1. The Balaban J connectivity index is 3.74. The van der Waals surface area contributed by atoms with Gasteiger partial charge in [0.25, 0.3) is 0 Å². The van der Waals surface area contributed by atoms with Crippen molar-refractivity contribution in [3.63, 3.8) is 0 Å². The lowest BCUT2D eigenvalue weighted by Crippen LogP contribution is -2.10. The fourth-order valence-corrected chi connectivity index (χ4v) is 1.03. The first-order valence-corrected chi connectivity index (χ1v) is 3.63. The summed E-state index contributed by atoms with van der Waals surface area (Å²) in [7, 11) is 0. The summed E-state index contributed by atoms with van der Waals surface area (Å²) < 4.78 is 0.0191. The van der Waals surface area contributed by atoms with Crippen LogP contribution in [0.1, 0.15) is 20.8 Å². The molecule has 2 heteroatoms. The second-order valence-corrected chi connectivity index (χ2v) is 4.57. The SMILES string of the molecule is C=CC(=O)SC(C)(C)C. The van der Waals surface area contributed by atoms with E-state index >= 15 is 0 Å². The van der Waals surface area contributed by atoms with E-state index in [2.05, 4.69) is 6.58 Å². The normalized spacial score (nSPS) is 11.0. The minimum atomic E-state index is 0.0191. The van der Waals surface area contributed by atoms with Gasteiger partial charge in [-0.05, 0) is 6.08 Å². The molecule has 0 rings (SSSR count). The highest BCUT2D eigenvalue weighted by atomic mass is 32.2. The molecule has 0 aromatic carbocycles. The summed E-state index contributed by atoms with van der Waals surface area (Å²) in [4.78, 5) is 10.7. The Morgan fingerprint density at radius 2 is 2.00 bits per heavy atom. The van der Waals surface area contributed by atoms with Gasteiger partial charge in [-0.25, -0.2) is 0 Å². The summed E-state index contributed by atoms with van der Waals surface area (Å²) in [6.45, 7) is 9.37. The monoisotopic (exact) mass is 144 g/mol. The van der Waals surface area contributed by atoms with Crippen molar-refractivity contribution in [1.82, 2.24) is 0 Å². The van der Waals surface area contributed by atoms with Crippen molar-refractivity contribution in [1.29, 1.82) is 0 Å². The molecule has 0 N–H and O–H groups in total. The molecule has 52 valence electrons. The van der Waals surface area contributed by atoms with E-state index in [1.165, 1.54) is 17.8 Å². The predicted octanol–water partition coefficient (Wildman–Crippen LogP) is 2.23. The summed E-state index contributed by atoms with van der Waals surface area (Å²) in [5.74, 6) is 0. The Bertz CT molecular complexity index is 121. The van der Waals surface area contributed by atoms with Crippen LogP contribution < -0.4 is 0 Å². The van der Waals surface area contributed by atoms with Gasteiger partial charge in [-0.1, -0.05) is 39.1 Å². The Labute approximate surface area is 60.5 Å². The molecule has 0 radical (unpaired) electrons. The lowest BCUT2D eigenvalue weighted by atomic mass is 10.3. The minimum absolute atomic E-state index is 0.0191. The molecule has 0 aliphatic heterocycles. The van der Waals surface area contributed by atoms with E-state index in [1.54, 1.807) is 0 Å². The topological polar surface area (TPSA) is 17.1 Å². The second kappa shape index (κ2) is 3.06. The van der Waals surface area contributed by atoms with Crippen LogP contribution in [0.3, 0.4) is 0 Å². The molecule has 0 atom stereocenters. The van der Waals surface area contributed by atoms with Crippen LogP contribution in [0.4, 0.5) is 0 Å². The van der Waals surface area contributed by atoms with E-state index in [4.69, 9.17) is 0 Å². The average molecular weight is 144 g/mol. The van der Waals surface area contributed by atoms with Crippen molar-refractivity contribution in [3.8, 4) is 0 Å². The molecule has 0 saturated carbocycles. The zero-order chi connectivity index (χ0) is 7.49. The van der Waals surface area contributed by atoms with E-state index in [0.29, 0.717) is 0 Å². The van der Waals surface area contributed by atoms with E-state index in [1.807, 2.05) is 20.8 Å². The summed E-state index contributed by atoms with van der Waals surface area (Å²) >= 11 is 1.30. The van der Waals surface area contributed by atoms with Crippen molar-refractivity contribution in [2.45, 2.75) is 25.5 Å². The van der Waals surface area contributed by atoms with E-state index in [-0.39, 0.29) is 9.86 Å². The highest BCUT2D eigenvalue weighted by molar-refractivity contribution is 8.15. The first-order valence-electron chi connectivity index (χ1n) is 2.81. The van der Waals surface area contributed by atoms with Crippen molar-refractivity contribution in [3.05, 3.63) is 12.7 Å². The van der Waals surface area contributed by atoms with Gasteiger partial charge in [0.15, 0.2) is 0 Å². The van der Waals surface area contributed by atoms with Crippen molar-refractivity contribution in [2.24, 2.45) is 0 Å². The fraction of sp³-hybridized carbons (Fsp3) is 0.571. The predicted molar refractivity (Wildman–Crippen MR) is 42.5 cm³/mol. The third-order valence-corrected chi connectivity index (χ3v) is 1.55. The van der Waals surface area contributed by atoms with E-state index < -0.39 is 0 Å². The quantitative estimate of drug-likeness (QED) is 0.525. The van der Waals surface area contributed by atoms with E-state index in [9.17, 15) is 4.79 Å². The van der Waals surface area contributed by atoms with Gasteiger partial charge in [0, 0.05) is 4.75 Å². The standard InChI is InChI=1S/C7H12OS/c1-5-6(8)9-7(2,3)4/h5H,1H2,2-4H3. The van der Waals surface area contributed by atoms with Crippen LogP contribution in [0.15, 0.2) is 12.7 Å². The highest BCUT2D eigenvalue weighted by Crippen LogP contribution is 2.23. The van der Waals surface area contributed by atoms with Crippen LogP contribution in [-0.2, 0) is 4.79 Å². The number of carbonyl (C=O) groups is 1. The smallest absolute Gasteiger partial charge is 0.212 e. The lowest BCUT2D eigenvalue weighted by Gasteiger charge is -2.13. The lowest BCUT2D eigenvalue weighted by molar-refractivity contribution is -0.107. The van der Waals surface area contributed by atoms with Gasteiger partial charge >= 0.3 is 0 Å². The molecule has 0 spiro atoms. The average Bonchev–Trinajstić information content (AvgIpc) is 1.62. The van der Waals surface area contributed by atoms with Crippen LogP contribution >= 0.6 is 11.8 Å². The Hall–Kier alpha value is -0.240. The number of rotatable bonds is 1. The van der Waals surface area contributed by atoms with Gasteiger partial charge in [-0.3, -0.25) is 4.79 Å². The highest BCUT2D eigenvalue weighted by Gasteiger charge is 2.13. The Morgan fingerprint density at radius 1 is 1.56 bits per heavy atom. The molecule has 0 aromatic rings. The largest absolute Gasteiger partial charge is 0.282 e. The molecule has 0 fully saturated rings. The summed E-state index contributed by atoms with van der Waals surface area (Å²) in [5.41, 5.74) is 0. The minimum Gasteiger partial charge on any atom is -0.282 e. The van der Waals surface area contributed by atoms with Gasteiger partial charge in [0.2, 0.25) is 5.12 Å². The fourth-order valence-electron chi connectivity index (χ4n) is 0.343. The third-order valence-electron chi connectivity index (χ3n) is 0.573. The molecular weight excluding hydrogens is 132 g/mol. The van der Waals surface area contributed by atoms with Gasteiger partial charge in [-0.2, -0.15) is 0 Å². The number of thioether (sulfide) groups is 1. The van der Waals surface area contributed by atoms with Crippen LogP contribution in [0.2, 0.25) is 0 Å². The van der Waals surface area contributed by atoms with Gasteiger partial charge in [0.05, 0.1) is 0 Å². The molecule has 0 amide bonds. The number of hydrogen-bond acceptors (Lipinski definition) is 2. The first-order chi connectivity index (χ1) is 3.95. The van der Waals surface area contributed by atoms with Crippen LogP contribution in [0, 0.1) is 0 Å². The molecule has 0 aliphatic carbocycles. The summed E-state index contributed by atoms with van der Waals surface area (Å²) in [6.07, 6.45) is 1.34. The first kappa shape index (κ1) is 8.76. The van der Waals surface area contributed by atoms with Crippen LogP contribution in [-0.4, -0.2) is 9.86 Å². The molecule has 9 heavy (non-hydrogen) atoms. The molecule has 0 aromatic heterocycles. The van der Waals surface area contributed by atoms with Crippen LogP contribution in [0.25, 0.3) is 0 Å². The molecular formula is C7H12OS. The van der Waals surface area contributed by atoms with E-state index in [0.717, 1.165) is 0 Å². The zero-order valence-corrected chi connectivity index (χ0v) is 6.92. The van der Waals surface area contributed by atoms with Crippen molar-refractivity contribution < 1.29 is 4.79 Å². The number of hydrogen-bond donors (Lipinski definition) is 0. The van der Waals surface area contributed by atoms with Gasteiger partial charge in [0.1, 0.15) is 0 Å². The van der Waals surface area contributed by atoms with Crippen molar-refractivity contribution >= 4 is 16.9 Å². The Kier molecular flexibility index (Phi) is 2.98. The Morgan fingerprint density at radius 3 is 2.11 bits per heavy atom. The summed E-state index contributed by atoms with van der Waals surface area (Å²) in [5, 5.41) is 0.0440. The molecule has 0 aliphatic rings. The molecule has 0 bridgehead atoms. The maximum atomic E-state index is 10.7. The van der Waals surface area contributed by atoms with Crippen LogP contribution in [0.5, 0.6) is 0 Å². The molecule has 0 unspecified atom stereocenters. The molecule has 0 heterocycles. The van der Waals surface area contributed by atoms with Crippen molar-refractivity contribution in [2.75, 3.05) is 0 Å². The second-order valence-electron chi connectivity index (χ2n) is 2.74. The summed E-state index contributed by atoms with van der Waals surface area (Å²) in [6, 6.07) is 0. The molecule has 0 saturated heterocycles. The molecule has 1 nitrogen and oxygen atoms in total. The zero-order valence-electron chi connectivity index (χ0n) is 6.10.